The second kappa shape index (κ2) is 8.69. The minimum Gasteiger partial charge on any atom is -0.302 e. The first-order chi connectivity index (χ1) is 15.3. The summed E-state index contributed by atoms with van der Waals surface area (Å²) in [6, 6.07) is 6.92. The Balaban J connectivity index is 1.93. The number of alkyl halides is 6. The molecule has 3 rings (SSSR count). The molecule has 1 fully saturated rings. The predicted octanol–water partition coefficient (Wildman–Crippen LogP) is 4.30. The summed E-state index contributed by atoms with van der Waals surface area (Å²) in [5, 5.41) is 19.9. The number of hydrogen-bond donors (Lipinski definition) is 1. The third kappa shape index (κ3) is 5.29. The first-order valence-corrected chi connectivity index (χ1v) is 11.1. The van der Waals surface area contributed by atoms with Gasteiger partial charge in [0, 0.05) is 12.0 Å². The lowest BCUT2D eigenvalue weighted by Crippen LogP contribution is -2.44. The van der Waals surface area contributed by atoms with Gasteiger partial charge in [-0.2, -0.15) is 36.9 Å². The lowest BCUT2D eigenvalue weighted by molar-refractivity contribution is -0.155. The smallest absolute Gasteiger partial charge is 0.302 e. The van der Waals surface area contributed by atoms with Crippen molar-refractivity contribution in [2.75, 3.05) is 5.75 Å². The van der Waals surface area contributed by atoms with Crippen LogP contribution >= 0.6 is 0 Å². The Hall–Kier alpha value is -3.09. The van der Waals surface area contributed by atoms with E-state index in [4.69, 9.17) is 10.5 Å². The Kier molecular flexibility index (Phi) is 6.46. The van der Waals surface area contributed by atoms with E-state index in [1.807, 2.05) is 6.07 Å². The fourth-order valence-electron chi connectivity index (χ4n) is 3.87. The minimum absolute atomic E-state index is 0.187. The summed E-state index contributed by atoms with van der Waals surface area (Å²) in [5.74, 6) is -2.20. The number of nitriles is 2. The molecule has 0 radical (unpaired) electrons. The molecule has 12 heteroatoms. The molecule has 1 N–H and O–H groups in total. The molecule has 2 aromatic carbocycles. The van der Waals surface area contributed by atoms with Gasteiger partial charge in [0.15, 0.2) is 9.84 Å². The van der Waals surface area contributed by atoms with Crippen LogP contribution in [0.5, 0.6) is 0 Å². The summed E-state index contributed by atoms with van der Waals surface area (Å²) in [6.07, 6.45) is -10.2. The number of nitrogens with zero attached hydrogens (tertiary/aromatic N) is 2. The number of hydrogen-bond acceptors (Lipinski definition) is 5. The lowest BCUT2D eigenvalue weighted by atomic mass is 9.88. The number of rotatable bonds is 4. The van der Waals surface area contributed by atoms with Crippen LogP contribution in [0.4, 0.5) is 26.3 Å². The highest BCUT2D eigenvalue weighted by Gasteiger charge is 2.51. The number of halogens is 6. The maximum Gasteiger partial charge on any atom is 0.417 e. The molecule has 1 heterocycles. The van der Waals surface area contributed by atoms with Gasteiger partial charge >= 0.3 is 12.4 Å². The molecule has 0 bridgehead atoms. The van der Waals surface area contributed by atoms with E-state index >= 15 is 0 Å². The van der Waals surface area contributed by atoms with Gasteiger partial charge < -0.3 is 5.32 Å². The van der Waals surface area contributed by atoms with Crippen molar-refractivity contribution in [3.05, 3.63) is 64.7 Å². The van der Waals surface area contributed by atoms with Crippen molar-refractivity contribution in [3.63, 3.8) is 0 Å². The molecular formula is C21H15F6N3O2S. The van der Waals surface area contributed by atoms with Crippen LogP contribution in [0.15, 0.2) is 47.4 Å². The van der Waals surface area contributed by atoms with Crippen molar-refractivity contribution in [1.29, 1.82) is 10.5 Å². The molecule has 0 aliphatic carbocycles. The van der Waals surface area contributed by atoms with E-state index in [9.17, 15) is 34.8 Å². The standard InChI is InChI=1S/C21H15F6N3O2S/c22-20(23,24)18-7-13(3-4-14(18)10-29)17-8-15(30-19(17)21(25,26)27)11-33(31,32)16-5-1-12(9-28)2-6-16/h1-7,15,17,19,30H,8,11H2/t15-,17?,19+/m0/s1. The number of nitrogens with one attached hydrogen (secondary N) is 1. The van der Waals surface area contributed by atoms with E-state index in [0.29, 0.717) is 6.07 Å². The van der Waals surface area contributed by atoms with Crippen molar-refractivity contribution in [2.45, 2.75) is 41.7 Å². The zero-order valence-electron chi connectivity index (χ0n) is 16.6. The van der Waals surface area contributed by atoms with Crippen molar-refractivity contribution >= 4 is 9.84 Å². The molecule has 174 valence electrons. The normalized spacial score (nSPS) is 21.4. The first-order valence-electron chi connectivity index (χ1n) is 9.43. The van der Waals surface area contributed by atoms with Crippen LogP contribution in [0, 0.1) is 22.7 Å². The van der Waals surface area contributed by atoms with E-state index in [1.165, 1.54) is 18.2 Å². The molecule has 0 saturated carbocycles. The topological polar surface area (TPSA) is 93.8 Å². The van der Waals surface area contributed by atoms with E-state index in [1.54, 1.807) is 0 Å². The fourth-order valence-corrected chi connectivity index (χ4v) is 5.38. The maximum atomic E-state index is 13.7. The quantitative estimate of drug-likeness (QED) is 0.650. The van der Waals surface area contributed by atoms with Crippen LogP contribution in [-0.4, -0.2) is 32.4 Å². The summed E-state index contributed by atoms with van der Waals surface area (Å²) < 4.78 is 106. The Morgan fingerprint density at radius 3 is 2.12 bits per heavy atom. The van der Waals surface area contributed by atoms with Crippen LogP contribution in [0.25, 0.3) is 0 Å². The molecule has 0 aromatic heterocycles. The van der Waals surface area contributed by atoms with Crippen molar-refractivity contribution in [1.82, 2.24) is 5.32 Å². The Bertz CT molecular complexity index is 1230. The molecule has 2 aromatic rings. The van der Waals surface area contributed by atoms with Gasteiger partial charge in [-0.1, -0.05) is 6.07 Å². The largest absolute Gasteiger partial charge is 0.417 e. The number of sulfone groups is 1. The van der Waals surface area contributed by atoms with Gasteiger partial charge in [0.1, 0.15) is 6.04 Å². The first kappa shape index (κ1) is 24.6. The van der Waals surface area contributed by atoms with Gasteiger partial charge in [0.2, 0.25) is 0 Å². The zero-order valence-corrected chi connectivity index (χ0v) is 17.4. The Morgan fingerprint density at radius 2 is 1.61 bits per heavy atom. The molecule has 1 aliphatic heterocycles. The highest BCUT2D eigenvalue weighted by molar-refractivity contribution is 7.91. The summed E-state index contributed by atoms with van der Waals surface area (Å²) in [6.45, 7) is 0. The van der Waals surface area contributed by atoms with E-state index in [2.05, 4.69) is 5.32 Å². The Labute approximate surface area is 185 Å². The molecule has 1 saturated heterocycles. The van der Waals surface area contributed by atoms with Crippen LogP contribution in [0.3, 0.4) is 0 Å². The van der Waals surface area contributed by atoms with E-state index in [0.717, 1.165) is 24.3 Å². The van der Waals surface area contributed by atoms with Crippen molar-refractivity contribution in [3.8, 4) is 12.1 Å². The van der Waals surface area contributed by atoms with Gasteiger partial charge in [0.25, 0.3) is 0 Å². The summed E-state index contributed by atoms with van der Waals surface area (Å²) in [7, 11) is -4.05. The van der Waals surface area contributed by atoms with Crippen LogP contribution < -0.4 is 5.32 Å². The Morgan fingerprint density at radius 1 is 0.970 bits per heavy atom. The highest BCUT2D eigenvalue weighted by Crippen LogP contribution is 2.42. The molecule has 0 spiro atoms. The molecular weight excluding hydrogens is 472 g/mol. The lowest BCUT2D eigenvalue weighted by Gasteiger charge is -2.23. The number of benzene rings is 2. The third-order valence-electron chi connectivity index (χ3n) is 5.37. The molecule has 0 amide bonds. The molecule has 3 atom stereocenters. The van der Waals surface area contributed by atoms with Crippen molar-refractivity contribution < 1.29 is 34.8 Å². The average molecular weight is 487 g/mol. The van der Waals surface area contributed by atoms with Gasteiger partial charge in [-0.3, -0.25) is 0 Å². The monoisotopic (exact) mass is 487 g/mol. The fraction of sp³-hybridized carbons (Fsp3) is 0.333. The molecule has 5 nitrogen and oxygen atoms in total. The van der Waals surface area contributed by atoms with Gasteiger partial charge in [-0.25, -0.2) is 8.42 Å². The molecule has 1 aliphatic rings. The van der Waals surface area contributed by atoms with Crippen LogP contribution in [-0.2, 0) is 16.0 Å². The summed E-state index contributed by atoms with van der Waals surface area (Å²) >= 11 is 0. The van der Waals surface area contributed by atoms with Crippen LogP contribution in [0.1, 0.15) is 34.6 Å². The van der Waals surface area contributed by atoms with Gasteiger partial charge in [-0.05, 0) is 48.4 Å². The average Bonchev–Trinajstić information content (AvgIpc) is 3.16. The second-order valence-electron chi connectivity index (χ2n) is 7.56. The zero-order chi connectivity index (χ0) is 24.6. The SMILES string of the molecule is N#Cc1ccc(S(=O)(=O)C[C@@H]2CC(c3ccc(C#N)c(C(F)(F)F)c3)[C@H](C(F)(F)F)N2)cc1. The minimum atomic E-state index is -4.95. The molecule has 33 heavy (non-hydrogen) atoms. The van der Waals surface area contributed by atoms with Crippen LogP contribution in [0.2, 0.25) is 0 Å². The predicted molar refractivity (Wildman–Crippen MR) is 103 cm³/mol. The van der Waals surface area contributed by atoms with Gasteiger partial charge in [-0.15, -0.1) is 0 Å². The van der Waals surface area contributed by atoms with Gasteiger partial charge in [0.05, 0.1) is 39.5 Å². The van der Waals surface area contributed by atoms with E-state index < -0.39 is 57.1 Å². The molecule has 1 unspecified atom stereocenters. The van der Waals surface area contributed by atoms with Crippen molar-refractivity contribution in [2.24, 2.45) is 0 Å². The highest BCUT2D eigenvalue weighted by atomic mass is 32.2. The summed E-state index contributed by atoms with van der Waals surface area (Å²) in [4.78, 5) is -0.187. The third-order valence-corrected chi connectivity index (χ3v) is 7.20. The second-order valence-corrected chi connectivity index (χ2v) is 9.59. The summed E-state index contributed by atoms with van der Waals surface area (Å²) in [5.41, 5.74) is -2.17. The van der Waals surface area contributed by atoms with E-state index in [-0.39, 0.29) is 22.4 Å². The maximum absolute atomic E-state index is 13.7.